The average molecular weight is 426 g/mol. The molecule has 164 valence electrons. The molecule has 2 atom stereocenters. The van der Waals surface area contributed by atoms with E-state index in [1.54, 1.807) is 12.1 Å². The van der Waals surface area contributed by atoms with Crippen LogP contribution >= 0.6 is 0 Å². The second kappa shape index (κ2) is 10.8. The van der Waals surface area contributed by atoms with E-state index in [0.29, 0.717) is 30.2 Å². The predicted octanol–water partition coefficient (Wildman–Crippen LogP) is 3.30. The molecule has 9 nitrogen and oxygen atoms in total. The maximum atomic E-state index is 10.8. The standard InChI is InChI=1S/C22H26N4O5/c1-15(2)30-14-19(27)13-23-20(12-16-6-4-3-5-7-16)22-24-21(25-31-22)17-8-10-18(11-9-17)26(28)29/h3-11,15,19-20,23,27H,12-14H2,1-2H3/t19-,20-/m1/s1. The number of nitrogens with one attached hydrogen (secondary N) is 1. The third-order valence-electron chi connectivity index (χ3n) is 4.58. The minimum atomic E-state index is -0.683. The molecule has 0 saturated heterocycles. The average Bonchev–Trinajstić information content (AvgIpc) is 3.26. The van der Waals surface area contributed by atoms with Crippen molar-refractivity contribution in [1.82, 2.24) is 15.5 Å². The second-order valence-corrected chi connectivity index (χ2v) is 7.45. The Hall–Kier alpha value is -3.14. The van der Waals surface area contributed by atoms with Gasteiger partial charge in [-0.3, -0.25) is 10.1 Å². The van der Waals surface area contributed by atoms with Crippen LogP contribution in [-0.2, 0) is 11.2 Å². The predicted molar refractivity (Wildman–Crippen MR) is 114 cm³/mol. The van der Waals surface area contributed by atoms with Crippen LogP contribution in [0.15, 0.2) is 59.1 Å². The van der Waals surface area contributed by atoms with Crippen molar-refractivity contribution in [2.45, 2.75) is 38.5 Å². The van der Waals surface area contributed by atoms with E-state index in [-0.39, 0.29) is 24.4 Å². The Balaban J connectivity index is 1.74. The lowest BCUT2D eigenvalue weighted by Gasteiger charge is -2.19. The highest BCUT2D eigenvalue weighted by atomic mass is 16.6. The number of nitrogens with zero attached hydrogens (tertiary/aromatic N) is 3. The van der Waals surface area contributed by atoms with E-state index >= 15 is 0 Å². The lowest BCUT2D eigenvalue weighted by molar-refractivity contribution is -0.384. The molecular weight excluding hydrogens is 400 g/mol. The number of hydrogen-bond acceptors (Lipinski definition) is 8. The number of aliphatic hydroxyl groups is 1. The van der Waals surface area contributed by atoms with Crippen LogP contribution in [0, 0.1) is 10.1 Å². The zero-order chi connectivity index (χ0) is 22.2. The molecule has 3 rings (SSSR count). The monoisotopic (exact) mass is 426 g/mol. The lowest BCUT2D eigenvalue weighted by atomic mass is 10.1. The number of aliphatic hydroxyl groups excluding tert-OH is 1. The number of benzene rings is 2. The van der Waals surface area contributed by atoms with Crippen molar-refractivity contribution in [2.75, 3.05) is 13.2 Å². The molecule has 3 aromatic rings. The molecule has 0 bridgehead atoms. The van der Waals surface area contributed by atoms with E-state index in [1.165, 1.54) is 12.1 Å². The Morgan fingerprint density at radius 1 is 1.16 bits per heavy atom. The van der Waals surface area contributed by atoms with Gasteiger partial charge >= 0.3 is 0 Å². The van der Waals surface area contributed by atoms with E-state index in [2.05, 4.69) is 15.5 Å². The summed E-state index contributed by atoms with van der Waals surface area (Å²) >= 11 is 0. The summed E-state index contributed by atoms with van der Waals surface area (Å²) in [5, 5.41) is 28.4. The minimum absolute atomic E-state index is 0.00584. The Morgan fingerprint density at radius 2 is 1.87 bits per heavy atom. The second-order valence-electron chi connectivity index (χ2n) is 7.45. The maximum absolute atomic E-state index is 10.8. The smallest absolute Gasteiger partial charge is 0.269 e. The summed E-state index contributed by atoms with van der Waals surface area (Å²) in [4.78, 5) is 14.9. The molecule has 2 N–H and O–H groups in total. The summed E-state index contributed by atoms with van der Waals surface area (Å²) in [6.45, 7) is 4.34. The molecule has 0 saturated carbocycles. The summed E-state index contributed by atoms with van der Waals surface area (Å²) in [6.07, 6.45) is -0.0618. The summed E-state index contributed by atoms with van der Waals surface area (Å²) in [6, 6.07) is 15.5. The van der Waals surface area contributed by atoms with Crippen LogP contribution in [0.4, 0.5) is 5.69 Å². The Labute approximate surface area is 180 Å². The topological polar surface area (TPSA) is 124 Å². The fraction of sp³-hybridized carbons (Fsp3) is 0.364. The van der Waals surface area contributed by atoms with Crippen molar-refractivity contribution in [3.8, 4) is 11.4 Å². The number of nitro benzene ring substituents is 1. The van der Waals surface area contributed by atoms with Gasteiger partial charge in [-0.05, 0) is 38.0 Å². The Bertz CT molecular complexity index is 960. The largest absolute Gasteiger partial charge is 0.389 e. The first-order chi connectivity index (χ1) is 14.9. The zero-order valence-corrected chi connectivity index (χ0v) is 17.5. The number of ether oxygens (including phenoxy) is 1. The third-order valence-corrected chi connectivity index (χ3v) is 4.58. The molecule has 0 spiro atoms. The molecule has 1 heterocycles. The van der Waals surface area contributed by atoms with Crippen LogP contribution in [0.25, 0.3) is 11.4 Å². The lowest BCUT2D eigenvalue weighted by Crippen LogP contribution is -2.34. The van der Waals surface area contributed by atoms with Crippen molar-refractivity contribution in [2.24, 2.45) is 0 Å². The Morgan fingerprint density at radius 3 is 2.52 bits per heavy atom. The van der Waals surface area contributed by atoms with Crippen molar-refractivity contribution >= 4 is 5.69 Å². The molecule has 0 unspecified atom stereocenters. The van der Waals surface area contributed by atoms with Gasteiger partial charge in [0.05, 0.1) is 29.8 Å². The van der Waals surface area contributed by atoms with Gasteiger partial charge in [-0.15, -0.1) is 0 Å². The summed E-state index contributed by atoms with van der Waals surface area (Å²) in [5.41, 5.74) is 1.68. The first-order valence-corrected chi connectivity index (χ1v) is 10.1. The fourth-order valence-corrected chi connectivity index (χ4v) is 2.96. The maximum Gasteiger partial charge on any atom is 0.269 e. The molecular formula is C22H26N4O5. The van der Waals surface area contributed by atoms with Crippen molar-refractivity contribution in [3.63, 3.8) is 0 Å². The third kappa shape index (κ3) is 6.68. The van der Waals surface area contributed by atoms with E-state index in [4.69, 9.17) is 9.26 Å². The van der Waals surface area contributed by atoms with E-state index in [0.717, 1.165) is 5.56 Å². The summed E-state index contributed by atoms with van der Waals surface area (Å²) < 4.78 is 11.0. The van der Waals surface area contributed by atoms with Crippen LogP contribution in [0.2, 0.25) is 0 Å². The normalized spacial score (nSPS) is 13.3. The molecule has 0 amide bonds. The molecule has 2 aromatic carbocycles. The number of nitro groups is 1. The van der Waals surface area contributed by atoms with Crippen LogP contribution in [0.3, 0.4) is 0 Å². The van der Waals surface area contributed by atoms with Gasteiger partial charge in [0.25, 0.3) is 5.69 Å². The first kappa shape index (κ1) is 22.5. The van der Waals surface area contributed by atoms with Gasteiger partial charge in [0.1, 0.15) is 0 Å². The van der Waals surface area contributed by atoms with Crippen LogP contribution < -0.4 is 5.32 Å². The molecule has 0 radical (unpaired) electrons. The number of hydrogen-bond donors (Lipinski definition) is 2. The van der Waals surface area contributed by atoms with E-state index in [1.807, 2.05) is 44.2 Å². The van der Waals surface area contributed by atoms with Crippen LogP contribution in [-0.4, -0.2) is 45.5 Å². The van der Waals surface area contributed by atoms with Gasteiger partial charge in [0.15, 0.2) is 0 Å². The van der Waals surface area contributed by atoms with Gasteiger partial charge in [-0.2, -0.15) is 4.98 Å². The molecule has 9 heteroatoms. The highest BCUT2D eigenvalue weighted by molar-refractivity contribution is 5.56. The zero-order valence-electron chi connectivity index (χ0n) is 17.5. The van der Waals surface area contributed by atoms with Crippen LogP contribution in [0.1, 0.15) is 31.3 Å². The van der Waals surface area contributed by atoms with Gasteiger partial charge in [0, 0.05) is 24.2 Å². The number of aromatic nitrogens is 2. The highest BCUT2D eigenvalue weighted by Crippen LogP contribution is 2.23. The van der Waals surface area contributed by atoms with Gasteiger partial charge < -0.3 is 19.7 Å². The fourth-order valence-electron chi connectivity index (χ4n) is 2.96. The summed E-state index contributed by atoms with van der Waals surface area (Å²) in [7, 11) is 0. The first-order valence-electron chi connectivity index (χ1n) is 10.1. The SMILES string of the molecule is CC(C)OC[C@H](O)CN[C@H](Cc1ccccc1)c1nc(-c2ccc([N+](=O)[O-])cc2)no1. The molecule has 0 fully saturated rings. The number of rotatable bonds is 11. The Kier molecular flexibility index (Phi) is 7.82. The molecule has 0 aliphatic carbocycles. The van der Waals surface area contributed by atoms with Crippen LogP contribution in [0.5, 0.6) is 0 Å². The van der Waals surface area contributed by atoms with Gasteiger partial charge in [-0.25, -0.2) is 0 Å². The molecule has 0 aliphatic rings. The molecule has 0 aliphatic heterocycles. The quantitative estimate of drug-likeness (QED) is 0.354. The van der Waals surface area contributed by atoms with Gasteiger partial charge in [0.2, 0.25) is 11.7 Å². The van der Waals surface area contributed by atoms with Crippen molar-refractivity contribution in [3.05, 3.63) is 76.2 Å². The molecule has 1 aromatic heterocycles. The van der Waals surface area contributed by atoms with Gasteiger partial charge in [-0.1, -0.05) is 35.5 Å². The highest BCUT2D eigenvalue weighted by Gasteiger charge is 2.21. The van der Waals surface area contributed by atoms with Crippen molar-refractivity contribution in [1.29, 1.82) is 0 Å². The van der Waals surface area contributed by atoms with Crippen molar-refractivity contribution < 1.29 is 19.3 Å². The van der Waals surface area contributed by atoms with E-state index in [9.17, 15) is 15.2 Å². The number of non-ortho nitro benzene ring substituents is 1. The van der Waals surface area contributed by atoms with E-state index < -0.39 is 11.0 Å². The minimum Gasteiger partial charge on any atom is -0.389 e. The summed E-state index contributed by atoms with van der Waals surface area (Å²) in [5.74, 6) is 0.711. The molecule has 31 heavy (non-hydrogen) atoms.